The Morgan fingerprint density at radius 3 is 2.56 bits per heavy atom. The maximum Gasteiger partial charge on any atom is 0.252 e. The quantitative estimate of drug-likeness (QED) is 0.250. The number of ether oxygens (including phenoxy) is 3. The minimum Gasteiger partial charge on any atom is -0.493 e. The van der Waals surface area contributed by atoms with Gasteiger partial charge in [-0.15, -0.1) is 0 Å². The number of amides is 1. The van der Waals surface area contributed by atoms with E-state index in [4.69, 9.17) is 30.8 Å². The molecule has 0 radical (unpaired) electrons. The lowest BCUT2D eigenvalue weighted by Crippen LogP contribution is -2.30. The summed E-state index contributed by atoms with van der Waals surface area (Å²) >= 11 is 7.77. The van der Waals surface area contributed by atoms with Crippen LogP contribution in [0.4, 0.5) is 5.13 Å². The Balaban J connectivity index is 1.63. The van der Waals surface area contributed by atoms with Gasteiger partial charge in [0.15, 0.2) is 16.6 Å². The number of thiazole rings is 1. The molecule has 10 heteroatoms. The molecule has 2 aromatic heterocycles. The van der Waals surface area contributed by atoms with Crippen LogP contribution in [-0.2, 0) is 11.3 Å². The van der Waals surface area contributed by atoms with Gasteiger partial charge in [0.05, 0.1) is 37.9 Å². The first-order valence-corrected chi connectivity index (χ1v) is 12.5. The molecule has 8 nitrogen and oxygen atoms in total. The topological polar surface area (TPSA) is 78.7 Å². The highest BCUT2D eigenvalue weighted by atomic mass is 35.5. The molecule has 0 N–H and O–H groups in total. The van der Waals surface area contributed by atoms with E-state index in [0.29, 0.717) is 33.9 Å². The van der Waals surface area contributed by atoms with Gasteiger partial charge < -0.3 is 18.8 Å². The highest BCUT2D eigenvalue weighted by molar-refractivity contribution is 7.22. The standard InChI is InChI=1S/C26H27ClN4O4S/c1-17-19(27)7-8-22-24(17)29-26(36-22)31(12-5-11-30-13-10-28-16-30)23(32)9-6-18-14-20(33-2)25(35-4)21(15-18)34-3/h6-10,13-16H,5,11-12H2,1-4H3/b9-6+. The van der Waals surface area contributed by atoms with Crippen LogP contribution in [-0.4, -0.2) is 48.3 Å². The van der Waals surface area contributed by atoms with E-state index in [1.807, 2.05) is 29.8 Å². The van der Waals surface area contributed by atoms with Gasteiger partial charge in [0.25, 0.3) is 5.91 Å². The van der Waals surface area contributed by atoms with Gasteiger partial charge >= 0.3 is 0 Å². The van der Waals surface area contributed by atoms with Crippen molar-refractivity contribution in [3.05, 3.63) is 65.2 Å². The lowest BCUT2D eigenvalue weighted by molar-refractivity contribution is -0.114. The Bertz CT molecular complexity index is 1360. The van der Waals surface area contributed by atoms with Crippen LogP contribution in [0, 0.1) is 6.92 Å². The van der Waals surface area contributed by atoms with Crippen LogP contribution in [0.3, 0.4) is 0 Å². The Labute approximate surface area is 218 Å². The van der Waals surface area contributed by atoms with Crippen molar-refractivity contribution < 1.29 is 19.0 Å². The highest BCUT2D eigenvalue weighted by Gasteiger charge is 2.19. The number of hydrogen-bond donors (Lipinski definition) is 0. The van der Waals surface area contributed by atoms with Gasteiger partial charge in [-0.25, -0.2) is 9.97 Å². The molecule has 1 amide bonds. The monoisotopic (exact) mass is 526 g/mol. The number of fused-ring (bicyclic) bond motifs is 1. The van der Waals surface area contributed by atoms with E-state index < -0.39 is 0 Å². The zero-order chi connectivity index (χ0) is 25.7. The molecule has 2 heterocycles. The lowest BCUT2D eigenvalue weighted by Gasteiger charge is -2.18. The summed E-state index contributed by atoms with van der Waals surface area (Å²) < 4.78 is 19.2. The van der Waals surface area contributed by atoms with E-state index in [9.17, 15) is 4.79 Å². The van der Waals surface area contributed by atoms with Crippen molar-refractivity contribution in [2.45, 2.75) is 19.9 Å². The van der Waals surface area contributed by atoms with E-state index in [1.54, 1.807) is 57.0 Å². The van der Waals surface area contributed by atoms with Gasteiger partial charge in [-0.05, 0) is 54.8 Å². The number of aryl methyl sites for hydroxylation is 2. The van der Waals surface area contributed by atoms with Gasteiger partial charge in [0, 0.05) is 36.6 Å². The fraction of sp³-hybridized carbons (Fsp3) is 0.269. The summed E-state index contributed by atoms with van der Waals surface area (Å²) in [6.07, 6.45) is 9.40. The third-order valence-electron chi connectivity index (χ3n) is 5.70. The van der Waals surface area contributed by atoms with Crippen LogP contribution in [0.2, 0.25) is 5.02 Å². The number of halogens is 1. The molecule has 4 aromatic rings. The highest BCUT2D eigenvalue weighted by Crippen LogP contribution is 2.38. The zero-order valence-corrected chi connectivity index (χ0v) is 22.1. The third-order valence-corrected chi connectivity index (χ3v) is 7.15. The zero-order valence-electron chi connectivity index (χ0n) is 20.5. The number of anilines is 1. The fourth-order valence-corrected chi connectivity index (χ4v) is 5.00. The molecule has 0 saturated carbocycles. The van der Waals surface area contributed by atoms with Gasteiger partial charge in [-0.1, -0.05) is 22.9 Å². The molecular formula is C26H27ClN4O4S. The molecule has 4 rings (SSSR count). The number of imidazole rings is 1. The van der Waals surface area contributed by atoms with E-state index >= 15 is 0 Å². The van der Waals surface area contributed by atoms with Crippen molar-refractivity contribution in [2.24, 2.45) is 0 Å². The summed E-state index contributed by atoms with van der Waals surface area (Å²) in [6, 6.07) is 7.37. The van der Waals surface area contributed by atoms with Crippen LogP contribution in [0.5, 0.6) is 17.2 Å². The van der Waals surface area contributed by atoms with Gasteiger partial charge in [0.2, 0.25) is 5.75 Å². The molecule has 0 saturated heterocycles. The number of carbonyl (C=O) groups excluding carboxylic acids is 1. The Hall–Kier alpha value is -3.56. The van der Waals surface area contributed by atoms with Crippen LogP contribution in [0.25, 0.3) is 16.3 Å². The maximum absolute atomic E-state index is 13.4. The number of rotatable bonds is 10. The van der Waals surface area contributed by atoms with E-state index in [0.717, 1.165) is 34.3 Å². The summed E-state index contributed by atoms with van der Waals surface area (Å²) in [5, 5.41) is 1.28. The molecule has 36 heavy (non-hydrogen) atoms. The molecule has 2 aromatic carbocycles. The number of nitrogens with zero attached hydrogens (tertiary/aromatic N) is 4. The Kier molecular flexibility index (Phi) is 8.12. The molecule has 188 valence electrons. The molecule has 0 spiro atoms. The van der Waals surface area contributed by atoms with Gasteiger partial charge in [-0.2, -0.15) is 0 Å². The van der Waals surface area contributed by atoms with Crippen molar-refractivity contribution in [1.82, 2.24) is 14.5 Å². The van der Waals surface area contributed by atoms with Crippen LogP contribution >= 0.6 is 22.9 Å². The Morgan fingerprint density at radius 1 is 1.17 bits per heavy atom. The summed E-state index contributed by atoms with van der Waals surface area (Å²) in [5.41, 5.74) is 2.45. The molecule has 0 aliphatic carbocycles. The predicted octanol–water partition coefficient (Wildman–Crippen LogP) is 5.62. The van der Waals surface area contributed by atoms with Crippen molar-refractivity contribution in [2.75, 3.05) is 32.8 Å². The van der Waals surface area contributed by atoms with E-state index in [2.05, 4.69) is 4.98 Å². The largest absolute Gasteiger partial charge is 0.493 e. The number of methoxy groups -OCH3 is 3. The van der Waals surface area contributed by atoms with Crippen LogP contribution in [0.15, 0.2) is 49.1 Å². The second-order valence-electron chi connectivity index (χ2n) is 7.95. The number of aromatic nitrogens is 3. The van der Waals surface area contributed by atoms with E-state index in [-0.39, 0.29) is 5.91 Å². The van der Waals surface area contributed by atoms with Crippen molar-refractivity contribution in [3.63, 3.8) is 0 Å². The molecular weight excluding hydrogens is 500 g/mol. The summed E-state index contributed by atoms with van der Waals surface area (Å²) in [4.78, 5) is 24.0. The molecule has 0 unspecified atom stereocenters. The number of hydrogen-bond acceptors (Lipinski definition) is 7. The predicted molar refractivity (Wildman–Crippen MR) is 144 cm³/mol. The molecule has 0 fully saturated rings. The lowest BCUT2D eigenvalue weighted by atomic mass is 10.1. The van der Waals surface area contributed by atoms with Crippen molar-refractivity contribution in [1.29, 1.82) is 0 Å². The maximum atomic E-state index is 13.4. The first kappa shape index (κ1) is 25.5. The summed E-state index contributed by atoms with van der Waals surface area (Å²) in [7, 11) is 4.66. The molecule has 0 atom stereocenters. The van der Waals surface area contributed by atoms with Crippen LogP contribution in [0.1, 0.15) is 17.5 Å². The SMILES string of the molecule is COc1cc(/C=C/C(=O)N(CCCn2ccnc2)c2nc3c(C)c(Cl)ccc3s2)cc(OC)c1OC. The van der Waals surface area contributed by atoms with Crippen molar-refractivity contribution >= 4 is 50.3 Å². The molecule has 0 bridgehead atoms. The molecule has 0 aliphatic rings. The third kappa shape index (κ3) is 5.47. The second kappa shape index (κ2) is 11.5. The molecule has 0 aliphatic heterocycles. The number of benzene rings is 2. The summed E-state index contributed by atoms with van der Waals surface area (Å²) in [5.74, 6) is 1.34. The minimum absolute atomic E-state index is 0.183. The average molecular weight is 527 g/mol. The van der Waals surface area contributed by atoms with E-state index in [1.165, 1.54) is 17.4 Å². The van der Waals surface area contributed by atoms with Gasteiger partial charge in [-0.3, -0.25) is 9.69 Å². The van der Waals surface area contributed by atoms with Crippen molar-refractivity contribution in [3.8, 4) is 17.2 Å². The number of carbonyl (C=O) groups is 1. The fourth-order valence-electron chi connectivity index (χ4n) is 3.79. The first-order valence-electron chi connectivity index (χ1n) is 11.3. The van der Waals surface area contributed by atoms with Crippen LogP contribution < -0.4 is 19.1 Å². The summed E-state index contributed by atoms with van der Waals surface area (Å²) in [6.45, 7) is 3.16. The minimum atomic E-state index is -0.183. The first-order chi connectivity index (χ1) is 17.4. The Morgan fingerprint density at radius 2 is 1.92 bits per heavy atom. The smallest absolute Gasteiger partial charge is 0.252 e. The average Bonchev–Trinajstić information content (AvgIpc) is 3.57. The normalized spacial score (nSPS) is 11.2. The second-order valence-corrected chi connectivity index (χ2v) is 9.37. The van der Waals surface area contributed by atoms with Gasteiger partial charge in [0.1, 0.15) is 0 Å².